The van der Waals surface area contributed by atoms with Gasteiger partial charge in [0.2, 0.25) is 0 Å². The molecular formula is C15H20N4O2. The molecule has 1 aliphatic rings. The minimum atomic E-state index is -0.0685. The molecule has 0 amide bonds. The number of rotatable bonds is 5. The smallest absolute Gasteiger partial charge is 0.308 e. The monoisotopic (exact) mass is 288 g/mol. The van der Waals surface area contributed by atoms with Crippen LogP contribution in [0.4, 0.5) is 0 Å². The van der Waals surface area contributed by atoms with Gasteiger partial charge in [-0.2, -0.15) is 0 Å². The van der Waals surface area contributed by atoms with Crippen molar-refractivity contribution in [2.24, 2.45) is 11.0 Å². The van der Waals surface area contributed by atoms with E-state index in [1.54, 1.807) is 0 Å². The summed E-state index contributed by atoms with van der Waals surface area (Å²) in [6.07, 6.45) is 3.60. The van der Waals surface area contributed by atoms with Crippen LogP contribution < -0.4 is 0 Å². The standard InChI is InChI=1S/C15H20N4O2/c1-2-21-15(20)12-8-6-11(7-9-12)14-5-3-4-13(18-14)10-17-19-16/h3-5,11-12H,2,6-10H2,1H3. The number of esters is 1. The first-order chi connectivity index (χ1) is 10.2. The van der Waals surface area contributed by atoms with Gasteiger partial charge in [-0.3, -0.25) is 9.78 Å². The van der Waals surface area contributed by atoms with Crippen molar-refractivity contribution >= 4 is 5.97 Å². The van der Waals surface area contributed by atoms with Gasteiger partial charge in [-0.15, -0.1) is 0 Å². The molecule has 1 saturated carbocycles. The van der Waals surface area contributed by atoms with Gasteiger partial charge in [-0.1, -0.05) is 11.2 Å². The molecule has 0 unspecified atom stereocenters. The molecule has 1 aromatic rings. The third-order valence-corrected chi connectivity index (χ3v) is 3.89. The first-order valence-corrected chi connectivity index (χ1v) is 7.38. The fraction of sp³-hybridized carbons (Fsp3) is 0.600. The van der Waals surface area contributed by atoms with E-state index < -0.39 is 0 Å². The van der Waals surface area contributed by atoms with Crippen LogP contribution in [0, 0.1) is 5.92 Å². The summed E-state index contributed by atoms with van der Waals surface area (Å²) < 4.78 is 5.08. The molecule has 0 aromatic carbocycles. The summed E-state index contributed by atoms with van der Waals surface area (Å²) in [5, 5.41) is 3.54. The van der Waals surface area contributed by atoms with Crippen LogP contribution in [0.3, 0.4) is 0 Å². The molecule has 1 aliphatic carbocycles. The molecule has 112 valence electrons. The maximum Gasteiger partial charge on any atom is 0.308 e. The second-order valence-electron chi connectivity index (χ2n) is 5.24. The van der Waals surface area contributed by atoms with Gasteiger partial charge in [0.25, 0.3) is 0 Å². The van der Waals surface area contributed by atoms with Crippen LogP contribution >= 0.6 is 0 Å². The van der Waals surface area contributed by atoms with Crippen molar-refractivity contribution in [1.82, 2.24) is 4.98 Å². The van der Waals surface area contributed by atoms with Crippen molar-refractivity contribution in [3.63, 3.8) is 0 Å². The lowest BCUT2D eigenvalue weighted by atomic mass is 9.80. The number of hydrogen-bond donors (Lipinski definition) is 0. The number of carbonyl (C=O) groups excluding carboxylic acids is 1. The highest BCUT2D eigenvalue weighted by atomic mass is 16.5. The number of pyridine rings is 1. The summed E-state index contributed by atoms with van der Waals surface area (Å²) in [4.78, 5) is 19.0. The topological polar surface area (TPSA) is 88.0 Å². The molecule has 0 N–H and O–H groups in total. The predicted molar refractivity (Wildman–Crippen MR) is 78.4 cm³/mol. The molecule has 0 atom stereocenters. The maximum absolute atomic E-state index is 11.7. The molecule has 1 aromatic heterocycles. The third-order valence-electron chi connectivity index (χ3n) is 3.89. The Morgan fingerprint density at radius 3 is 2.86 bits per heavy atom. The van der Waals surface area contributed by atoms with Gasteiger partial charge in [-0.25, -0.2) is 0 Å². The first-order valence-electron chi connectivity index (χ1n) is 7.38. The van der Waals surface area contributed by atoms with Gasteiger partial charge in [0.1, 0.15) is 0 Å². The number of carbonyl (C=O) groups is 1. The summed E-state index contributed by atoms with van der Waals surface area (Å²) in [6, 6.07) is 5.82. The van der Waals surface area contributed by atoms with Gasteiger partial charge in [0.15, 0.2) is 0 Å². The van der Waals surface area contributed by atoms with E-state index in [0.29, 0.717) is 12.5 Å². The fourth-order valence-electron chi connectivity index (χ4n) is 2.80. The largest absolute Gasteiger partial charge is 0.466 e. The molecule has 0 bridgehead atoms. The molecule has 0 spiro atoms. The molecular weight excluding hydrogens is 268 g/mol. The summed E-state index contributed by atoms with van der Waals surface area (Å²) >= 11 is 0. The summed E-state index contributed by atoms with van der Waals surface area (Å²) in [7, 11) is 0. The maximum atomic E-state index is 11.7. The summed E-state index contributed by atoms with van der Waals surface area (Å²) in [5.74, 6) is 0.343. The molecule has 0 radical (unpaired) electrons. The molecule has 21 heavy (non-hydrogen) atoms. The fourth-order valence-corrected chi connectivity index (χ4v) is 2.80. The number of nitrogens with zero attached hydrogens (tertiary/aromatic N) is 4. The van der Waals surface area contributed by atoms with E-state index in [4.69, 9.17) is 10.3 Å². The van der Waals surface area contributed by atoms with Crippen LogP contribution in [0.25, 0.3) is 10.4 Å². The number of aromatic nitrogens is 1. The van der Waals surface area contributed by atoms with Gasteiger partial charge >= 0.3 is 5.97 Å². The lowest BCUT2D eigenvalue weighted by Gasteiger charge is -2.27. The van der Waals surface area contributed by atoms with Crippen LogP contribution in [0.2, 0.25) is 0 Å². The number of hydrogen-bond acceptors (Lipinski definition) is 4. The zero-order valence-corrected chi connectivity index (χ0v) is 12.2. The Kier molecular flexibility index (Phi) is 5.58. The third kappa shape index (κ3) is 4.20. The quantitative estimate of drug-likeness (QED) is 0.358. The minimum absolute atomic E-state index is 0.0348. The van der Waals surface area contributed by atoms with Crippen molar-refractivity contribution in [3.05, 3.63) is 40.0 Å². The van der Waals surface area contributed by atoms with Crippen LogP contribution in [-0.2, 0) is 16.1 Å². The van der Waals surface area contributed by atoms with Gasteiger partial charge in [-0.05, 0) is 50.3 Å². The molecule has 2 rings (SSSR count). The van der Waals surface area contributed by atoms with Crippen LogP contribution in [0.5, 0.6) is 0 Å². The lowest BCUT2D eigenvalue weighted by Crippen LogP contribution is -2.23. The van der Waals surface area contributed by atoms with E-state index in [1.165, 1.54) is 0 Å². The van der Waals surface area contributed by atoms with E-state index in [9.17, 15) is 4.79 Å². The highest BCUT2D eigenvalue weighted by Crippen LogP contribution is 2.35. The van der Waals surface area contributed by atoms with Crippen molar-refractivity contribution in [3.8, 4) is 0 Å². The SMILES string of the molecule is CCOC(=O)C1CCC(c2cccc(CN=[N+]=[N-])n2)CC1. The Bertz CT molecular complexity index is 532. The molecule has 6 heteroatoms. The highest BCUT2D eigenvalue weighted by Gasteiger charge is 2.28. The molecule has 1 fully saturated rings. The van der Waals surface area contributed by atoms with Gasteiger partial charge in [0.05, 0.1) is 19.1 Å². The minimum Gasteiger partial charge on any atom is -0.466 e. The van der Waals surface area contributed by atoms with E-state index >= 15 is 0 Å². The predicted octanol–water partition coefficient (Wildman–Crippen LogP) is 3.73. The second-order valence-corrected chi connectivity index (χ2v) is 5.24. The Balaban J connectivity index is 1.95. The highest BCUT2D eigenvalue weighted by molar-refractivity contribution is 5.72. The Morgan fingerprint density at radius 1 is 1.43 bits per heavy atom. The van der Waals surface area contributed by atoms with Crippen LogP contribution in [0.15, 0.2) is 23.3 Å². The average molecular weight is 288 g/mol. The lowest BCUT2D eigenvalue weighted by molar-refractivity contribution is -0.149. The zero-order chi connectivity index (χ0) is 15.1. The van der Waals surface area contributed by atoms with E-state index in [1.807, 2.05) is 25.1 Å². The first kappa shape index (κ1) is 15.3. The van der Waals surface area contributed by atoms with Gasteiger partial charge < -0.3 is 4.74 Å². The molecule has 6 nitrogen and oxygen atoms in total. The number of ether oxygens (including phenoxy) is 1. The van der Waals surface area contributed by atoms with Crippen molar-refractivity contribution < 1.29 is 9.53 Å². The Hall–Kier alpha value is -2.07. The normalized spacial score (nSPS) is 21.4. The second kappa shape index (κ2) is 7.64. The molecule has 0 saturated heterocycles. The molecule has 0 aliphatic heterocycles. The zero-order valence-electron chi connectivity index (χ0n) is 12.2. The van der Waals surface area contributed by atoms with Gasteiger partial charge in [0, 0.05) is 22.2 Å². The Morgan fingerprint density at radius 2 is 2.19 bits per heavy atom. The van der Waals surface area contributed by atoms with Crippen molar-refractivity contribution in [2.75, 3.05) is 6.61 Å². The summed E-state index contributed by atoms with van der Waals surface area (Å²) in [5.41, 5.74) is 10.2. The summed E-state index contributed by atoms with van der Waals surface area (Å²) in [6.45, 7) is 2.56. The van der Waals surface area contributed by atoms with E-state index in [2.05, 4.69) is 15.0 Å². The number of azide groups is 1. The van der Waals surface area contributed by atoms with E-state index in [-0.39, 0.29) is 18.4 Å². The van der Waals surface area contributed by atoms with Crippen LogP contribution in [0.1, 0.15) is 49.9 Å². The Labute approximate surface area is 124 Å². The molecule has 1 heterocycles. The van der Waals surface area contributed by atoms with Crippen molar-refractivity contribution in [1.29, 1.82) is 0 Å². The van der Waals surface area contributed by atoms with Crippen LogP contribution in [-0.4, -0.2) is 17.6 Å². The van der Waals surface area contributed by atoms with Crippen molar-refractivity contribution in [2.45, 2.75) is 45.1 Å². The van der Waals surface area contributed by atoms with E-state index in [0.717, 1.165) is 37.1 Å². The average Bonchev–Trinajstić information content (AvgIpc) is 2.53.